The Balaban J connectivity index is 2.31. The smallest absolute Gasteiger partial charge is 0.213 e. The highest BCUT2D eigenvalue weighted by atomic mass is 19.1. The largest absolute Gasteiger partial charge is 0.260 e. The summed E-state index contributed by atoms with van der Waals surface area (Å²) in [5, 5.41) is 0. The van der Waals surface area contributed by atoms with E-state index in [4.69, 9.17) is 0 Å². The second kappa shape index (κ2) is 4.39. The molecule has 0 radical (unpaired) electrons. The predicted molar refractivity (Wildman–Crippen MR) is 60.7 cm³/mol. The minimum absolute atomic E-state index is 0.0105. The predicted octanol–water partition coefficient (Wildman–Crippen LogP) is 3.08. The van der Waals surface area contributed by atoms with Crippen molar-refractivity contribution in [2.75, 3.05) is 0 Å². The molecular weight excluding hydrogens is 203 g/mol. The molecule has 2 aromatic rings. The van der Waals surface area contributed by atoms with Crippen LogP contribution in [-0.4, -0.2) is 9.97 Å². The minimum atomic E-state index is -0.448. The summed E-state index contributed by atoms with van der Waals surface area (Å²) in [5.41, 5.74) is 2.73. The van der Waals surface area contributed by atoms with Gasteiger partial charge in [0.2, 0.25) is 5.95 Å². The Hall–Kier alpha value is -1.77. The highest BCUT2D eigenvalue weighted by Gasteiger charge is 2.11. The monoisotopic (exact) mass is 216 g/mol. The van der Waals surface area contributed by atoms with Gasteiger partial charge in [-0.15, -0.1) is 0 Å². The molecule has 1 unspecified atom stereocenters. The molecule has 2 aromatic heterocycles. The second-order valence-electron chi connectivity index (χ2n) is 3.87. The summed E-state index contributed by atoms with van der Waals surface area (Å²) in [4.78, 5) is 8.19. The van der Waals surface area contributed by atoms with Gasteiger partial charge in [0.1, 0.15) is 0 Å². The van der Waals surface area contributed by atoms with E-state index in [1.165, 1.54) is 6.07 Å². The quantitative estimate of drug-likeness (QED) is 0.721. The first-order valence-electron chi connectivity index (χ1n) is 5.22. The maximum absolute atomic E-state index is 13.0. The van der Waals surface area contributed by atoms with Gasteiger partial charge in [0.15, 0.2) is 0 Å². The zero-order valence-corrected chi connectivity index (χ0v) is 9.31. The van der Waals surface area contributed by atoms with Crippen molar-refractivity contribution in [2.24, 2.45) is 0 Å². The molecule has 2 heterocycles. The van der Waals surface area contributed by atoms with E-state index in [9.17, 15) is 4.39 Å². The number of halogens is 1. The van der Waals surface area contributed by atoms with Gasteiger partial charge in [-0.05, 0) is 30.7 Å². The molecule has 0 fully saturated rings. The molecule has 82 valence electrons. The third-order valence-corrected chi connectivity index (χ3v) is 2.56. The maximum Gasteiger partial charge on any atom is 0.213 e. The lowest BCUT2D eigenvalue weighted by Gasteiger charge is -2.10. The fourth-order valence-corrected chi connectivity index (χ4v) is 1.55. The van der Waals surface area contributed by atoms with E-state index in [0.717, 1.165) is 11.3 Å². The van der Waals surface area contributed by atoms with Crippen LogP contribution in [0.3, 0.4) is 0 Å². The van der Waals surface area contributed by atoms with Crippen molar-refractivity contribution in [3.05, 3.63) is 59.4 Å². The van der Waals surface area contributed by atoms with E-state index in [-0.39, 0.29) is 5.92 Å². The molecule has 1 atom stereocenters. The third-order valence-electron chi connectivity index (χ3n) is 2.56. The van der Waals surface area contributed by atoms with Crippen molar-refractivity contribution >= 4 is 0 Å². The van der Waals surface area contributed by atoms with Crippen LogP contribution in [0.2, 0.25) is 0 Å². The molecule has 0 aliphatic heterocycles. The van der Waals surface area contributed by atoms with Gasteiger partial charge in [-0.2, -0.15) is 4.39 Å². The van der Waals surface area contributed by atoms with Crippen LogP contribution in [0, 0.1) is 12.9 Å². The Labute approximate surface area is 94.2 Å². The molecule has 0 aliphatic carbocycles. The van der Waals surface area contributed by atoms with Gasteiger partial charge in [-0.3, -0.25) is 4.98 Å². The summed E-state index contributed by atoms with van der Waals surface area (Å²) in [5.74, 6) is -0.437. The molecule has 0 amide bonds. The average Bonchev–Trinajstić information content (AvgIpc) is 2.29. The lowest BCUT2D eigenvalue weighted by atomic mass is 10.0. The molecule has 0 saturated heterocycles. The van der Waals surface area contributed by atoms with Crippen LogP contribution >= 0.6 is 0 Å². The average molecular weight is 216 g/mol. The molecule has 2 nitrogen and oxygen atoms in total. The summed E-state index contributed by atoms with van der Waals surface area (Å²) in [6.07, 6.45) is 1.81. The molecule has 0 saturated carbocycles. The SMILES string of the molecule is Cc1ccc(C(C)c2cccc(F)n2)nc1. The number of rotatable bonds is 2. The summed E-state index contributed by atoms with van der Waals surface area (Å²) in [7, 11) is 0. The Kier molecular flexibility index (Phi) is 2.95. The molecule has 2 rings (SSSR count). The van der Waals surface area contributed by atoms with E-state index in [0.29, 0.717) is 5.69 Å². The maximum atomic E-state index is 13.0. The van der Waals surface area contributed by atoms with Crippen LogP contribution in [0.1, 0.15) is 29.8 Å². The summed E-state index contributed by atoms with van der Waals surface area (Å²) in [6.45, 7) is 3.96. The van der Waals surface area contributed by atoms with Crippen molar-refractivity contribution in [1.82, 2.24) is 9.97 Å². The van der Waals surface area contributed by atoms with Gasteiger partial charge in [0.05, 0.1) is 5.69 Å². The third kappa shape index (κ3) is 2.24. The van der Waals surface area contributed by atoms with Gasteiger partial charge in [-0.1, -0.05) is 19.1 Å². The van der Waals surface area contributed by atoms with E-state index < -0.39 is 5.95 Å². The molecule has 0 spiro atoms. The summed E-state index contributed by atoms with van der Waals surface area (Å²) >= 11 is 0. The van der Waals surface area contributed by atoms with Crippen molar-refractivity contribution in [2.45, 2.75) is 19.8 Å². The molecule has 0 aliphatic rings. The van der Waals surface area contributed by atoms with Crippen LogP contribution in [-0.2, 0) is 0 Å². The number of hydrogen-bond acceptors (Lipinski definition) is 2. The van der Waals surface area contributed by atoms with Gasteiger partial charge in [0.25, 0.3) is 0 Å². The lowest BCUT2D eigenvalue weighted by molar-refractivity contribution is 0.573. The summed E-state index contributed by atoms with van der Waals surface area (Å²) < 4.78 is 13.0. The Morgan fingerprint density at radius 3 is 2.56 bits per heavy atom. The Bertz CT molecular complexity index is 480. The molecule has 3 heteroatoms. The minimum Gasteiger partial charge on any atom is -0.260 e. The van der Waals surface area contributed by atoms with Crippen LogP contribution < -0.4 is 0 Å². The number of aryl methyl sites for hydroxylation is 1. The van der Waals surface area contributed by atoms with Crippen LogP contribution in [0.5, 0.6) is 0 Å². The van der Waals surface area contributed by atoms with E-state index in [1.54, 1.807) is 6.07 Å². The van der Waals surface area contributed by atoms with Gasteiger partial charge in [-0.25, -0.2) is 4.98 Å². The van der Waals surface area contributed by atoms with Crippen LogP contribution in [0.25, 0.3) is 0 Å². The molecule has 0 N–H and O–H groups in total. The second-order valence-corrected chi connectivity index (χ2v) is 3.87. The summed E-state index contributed by atoms with van der Waals surface area (Å²) in [6, 6.07) is 8.78. The van der Waals surface area contributed by atoms with Gasteiger partial charge in [0, 0.05) is 17.8 Å². The lowest BCUT2D eigenvalue weighted by Crippen LogP contribution is -2.02. The van der Waals surface area contributed by atoms with Gasteiger partial charge < -0.3 is 0 Å². The van der Waals surface area contributed by atoms with Crippen molar-refractivity contribution < 1.29 is 4.39 Å². The van der Waals surface area contributed by atoms with E-state index >= 15 is 0 Å². The number of pyridine rings is 2. The first kappa shape index (κ1) is 10.7. The molecule has 16 heavy (non-hydrogen) atoms. The fraction of sp³-hybridized carbons (Fsp3) is 0.231. The Morgan fingerprint density at radius 2 is 1.94 bits per heavy atom. The standard InChI is InChI=1S/C13H13FN2/c1-9-6-7-11(15-8-9)10(2)12-4-3-5-13(14)16-12/h3-8,10H,1-2H3. The Morgan fingerprint density at radius 1 is 1.12 bits per heavy atom. The molecular formula is C13H13FN2. The number of hydrogen-bond donors (Lipinski definition) is 0. The highest BCUT2D eigenvalue weighted by molar-refractivity contribution is 5.23. The first-order valence-corrected chi connectivity index (χ1v) is 5.22. The topological polar surface area (TPSA) is 25.8 Å². The zero-order valence-electron chi connectivity index (χ0n) is 9.31. The van der Waals surface area contributed by atoms with Crippen LogP contribution in [0.4, 0.5) is 4.39 Å². The van der Waals surface area contributed by atoms with Crippen molar-refractivity contribution in [3.8, 4) is 0 Å². The van der Waals surface area contributed by atoms with E-state index in [2.05, 4.69) is 9.97 Å². The van der Waals surface area contributed by atoms with Crippen LogP contribution in [0.15, 0.2) is 36.5 Å². The normalized spacial score (nSPS) is 12.4. The number of nitrogens with zero attached hydrogens (tertiary/aromatic N) is 2. The molecule has 0 bridgehead atoms. The fourth-order valence-electron chi connectivity index (χ4n) is 1.55. The zero-order chi connectivity index (χ0) is 11.5. The van der Waals surface area contributed by atoms with Crippen molar-refractivity contribution in [3.63, 3.8) is 0 Å². The first-order chi connectivity index (χ1) is 7.66. The van der Waals surface area contributed by atoms with Crippen molar-refractivity contribution in [1.29, 1.82) is 0 Å². The van der Waals surface area contributed by atoms with Gasteiger partial charge >= 0.3 is 0 Å². The highest BCUT2D eigenvalue weighted by Crippen LogP contribution is 2.20. The van der Waals surface area contributed by atoms with E-state index in [1.807, 2.05) is 38.2 Å². The number of aromatic nitrogens is 2. The molecule has 0 aromatic carbocycles.